The maximum Gasteiger partial charge on any atom is 0.407 e. The summed E-state index contributed by atoms with van der Waals surface area (Å²) in [5, 5.41) is 6.64. The van der Waals surface area contributed by atoms with E-state index in [1.54, 1.807) is 12.1 Å². The number of carbonyl (C=O) groups excluding carboxylic acids is 2. The summed E-state index contributed by atoms with van der Waals surface area (Å²) in [5.74, 6) is 0.209. The summed E-state index contributed by atoms with van der Waals surface area (Å²) >= 11 is 0. The minimum atomic E-state index is -0.404. The van der Waals surface area contributed by atoms with E-state index in [1.807, 2.05) is 73.6 Å². The first-order valence-electron chi connectivity index (χ1n) is 15.8. The van der Waals surface area contributed by atoms with Gasteiger partial charge in [0.15, 0.2) is 12.0 Å². The molecule has 0 saturated heterocycles. The van der Waals surface area contributed by atoms with Gasteiger partial charge in [0.25, 0.3) is 0 Å². The number of aldehydes is 1. The maximum absolute atomic E-state index is 11.6. The van der Waals surface area contributed by atoms with Crippen LogP contribution in [-0.2, 0) is 4.74 Å². The second-order valence-electron chi connectivity index (χ2n) is 10.4. The molecule has 1 fully saturated rings. The van der Waals surface area contributed by atoms with Gasteiger partial charge in [0, 0.05) is 12.1 Å². The van der Waals surface area contributed by atoms with Crippen molar-refractivity contribution in [2.24, 2.45) is 5.41 Å². The number of aromatic nitrogens is 1. The molecule has 1 aromatic rings. The number of amides is 1. The Morgan fingerprint density at radius 3 is 1.95 bits per heavy atom. The Morgan fingerprint density at radius 1 is 1.07 bits per heavy atom. The van der Waals surface area contributed by atoms with Crippen LogP contribution < -0.4 is 5.32 Å². The number of ether oxygens (including phenoxy) is 1. The van der Waals surface area contributed by atoms with Crippen LogP contribution in [0.15, 0.2) is 41.5 Å². The molecule has 0 atom stereocenters. The molecule has 1 aliphatic carbocycles. The van der Waals surface area contributed by atoms with Gasteiger partial charge in [0.05, 0.1) is 0 Å². The minimum absolute atomic E-state index is 0.209. The molecule has 0 unspecified atom stereocenters. The van der Waals surface area contributed by atoms with Crippen LogP contribution in [0.2, 0.25) is 0 Å². The van der Waals surface area contributed by atoms with Crippen LogP contribution >= 0.6 is 0 Å². The van der Waals surface area contributed by atoms with Crippen molar-refractivity contribution in [3.63, 3.8) is 0 Å². The molecule has 0 aliphatic heterocycles. The zero-order valence-electron chi connectivity index (χ0n) is 29.3. The zero-order chi connectivity index (χ0) is 32.9. The van der Waals surface area contributed by atoms with Gasteiger partial charge in [-0.05, 0) is 57.9 Å². The number of nitrogens with one attached hydrogen (secondary N) is 1. The van der Waals surface area contributed by atoms with Crippen molar-refractivity contribution in [3.8, 4) is 0 Å². The van der Waals surface area contributed by atoms with E-state index in [-0.39, 0.29) is 11.9 Å². The summed E-state index contributed by atoms with van der Waals surface area (Å²) < 4.78 is 9.97. The number of nitrogens with zero attached hydrogens (tertiary/aromatic N) is 1. The van der Waals surface area contributed by atoms with E-state index >= 15 is 0 Å². The molecule has 0 spiro atoms. The fraction of sp³-hybridized carbons (Fsp3) is 0.686. The van der Waals surface area contributed by atoms with E-state index in [1.165, 1.54) is 32.1 Å². The third kappa shape index (κ3) is 24.9. The van der Waals surface area contributed by atoms with E-state index in [0.29, 0.717) is 29.0 Å². The van der Waals surface area contributed by atoms with Crippen LogP contribution in [0.1, 0.15) is 158 Å². The van der Waals surface area contributed by atoms with Gasteiger partial charge in [-0.1, -0.05) is 131 Å². The minimum Gasteiger partial charge on any atom is -0.444 e. The lowest BCUT2D eigenvalue weighted by Crippen LogP contribution is -2.51. The van der Waals surface area contributed by atoms with E-state index in [0.717, 1.165) is 12.8 Å². The Bertz CT molecular complexity index is 808. The summed E-state index contributed by atoms with van der Waals surface area (Å²) in [5.41, 5.74) is 1.36. The molecule has 2 rings (SSSR count). The molecule has 240 valence electrons. The number of hydrogen-bond acceptors (Lipinski definition) is 5. The monoisotopic (exact) mass is 579 g/mol. The number of alkyl carbamates (subject to hydrolysis) is 1. The molecular formula is C35H66N2O4. The Morgan fingerprint density at radius 2 is 1.59 bits per heavy atom. The van der Waals surface area contributed by atoms with Crippen LogP contribution in [0.3, 0.4) is 0 Å². The van der Waals surface area contributed by atoms with Crippen LogP contribution in [0.5, 0.6) is 0 Å². The van der Waals surface area contributed by atoms with Crippen molar-refractivity contribution in [2.75, 3.05) is 0 Å². The lowest BCUT2D eigenvalue weighted by molar-refractivity contribution is 0.0277. The van der Waals surface area contributed by atoms with Crippen molar-refractivity contribution in [2.45, 2.75) is 154 Å². The first-order valence-corrected chi connectivity index (χ1v) is 15.8. The molecule has 1 heterocycles. The van der Waals surface area contributed by atoms with Crippen molar-refractivity contribution < 1.29 is 18.8 Å². The second kappa shape index (κ2) is 28.9. The van der Waals surface area contributed by atoms with Gasteiger partial charge in [-0.25, -0.2) is 4.79 Å². The van der Waals surface area contributed by atoms with Crippen LogP contribution in [0, 0.1) is 5.41 Å². The van der Waals surface area contributed by atoms with E-state index in [4.69, 9.17) is 9.26 Å². The molecular weight excluding hydrogens is 512 g/mol. The van der Waals surface area contributed by atoms with Gasteiger partial charge in [0.2, 0.25) is 0 Å². The third-order valence-corrected chi connectivity index (χ3v) is 5.18. The maximum atomic E-state index is 11.6. The molecule has 1 aromatic heterocycles. The number of rotatable bonds is 8. The average molecular weight is 579 g/mol. The lowest BCUT2D eigenvalue weighted by Gasteiger charge is -2.47. The predicted molar refractivity (Wildman–Crippen MR) is 180 cm³/mol. The molecule has 6 nitrogen and oxygen atoms in total. The molecule has 0 bridgehead atoms. The van der Waals surface area contributed by atoms with Crippen molar-refractivity contribution >= 4 is 18.0 Å². The highest BCUT2D eigenvalue weighted by molar-refractivity contribution is 5.75. The zero-order valence-corrected chi connectivity index (χ0v) is 29.3. The smallest absolute Gasteiger partial charge is 0.407 e. The van der Waals surface area contributed by atoms with Gasteiger partial charge in [-0.3, -0.25) is 4.79 Å². The summed E-state index contributed by atoms with van der Waals surface area (Å²) in [7, 11) is 0. The van der Waals surface area contributed by atoms with Crippen molar-refractivity contribution in [1.82, 2.24) is 10.5 Å². The molecule has 1 saturated carbocycles. The number of hydrogen-bond donors (Lipinski definition) is 1. The number of carbonyl (C=O) groups is 2. The quantitative estimate of drug-likeness (QED) is 0.245. The summed E-state index contributed by atoms with van der Waals surface area (Å²) in [6.07, 6.45) is 16.2. The van der Waals surface area contributed by atoms with Gasteiger partial charge in [0.1, 0.15) is 11.3 Å². The van der Waals surface area contributed by atoms with Crippen molar-refractivity contribution in [1.29, 1.82) is 0 Å². The third-order valence-electron chi connectivity index (χ3n) is 5.18. The molecule has 0 aromatic carbocycles. The van der Waals surface area contributed by atoms with Crippen molar-refractivity contribution in [3.05, 3.63) is 48.4 Å². The largest absolute Gasteiger partial charge is 0.444 e. The van der Waals surface area contributed by atoms with Crippen LogP contribution in [0.25, 0.3) is 5.57 Å². The van der Waals surface area contributed by atoms with Gasteiger partial charge < -0.3 is 14.6 Å². The Hall–Kier alpha value is -2.63. The summed E-state index contributed by atoms with van der Waals surface area (Å²) in [6.45, 7) is 32.4. The highest BCUT2D eigenvalue weighted by atomic mass is 16.6. The highest BCUT2D eigenvalue weighted by Gasteiger charge is 2.42. The molecule has 1 aliphatic rings. The highest BCUT2D eigenvalue weighted by Crippen LogP contribution is 2.47. The first-order chi connectivity index (χ1) is 19.4. The fourth-order valence-electron chi connectivity index (χ4n) is 3.63. The van der Waals surface area contributed by atoms with Gasteiger partial charge >= 0.3 is 6.09 Å². The normalized spacial score (nSPS) is 16.8. The second-order valence-corrected chi connectivity index (χ2v) is 10.4. The topological polar surface area (TPSA) is 81.4 Å². The lowest BCUT2D eigenvalue weighted by atomic mass is 9.61. The van der Waals surface area contributed by atoms with E-state index in [9.17, 15) is 9.59 Å². The molecule has 1 N–H and O–H groups in total. The summed E-state index contributed by atoms with van der Waals surface area (Å²) in [6, 6.07) is 1.87. The van der Waals surface area contributed by atoms with E-state index in [2.05, 4.69) is 58.6 Å². The molecule has 1 amide bonds. The molecule has 0 radical (unpaired) electrons. The Kier molecular flexibility index (Phi) is 32.0. The van der Waals surface area contributed by atoms with E-state index < -0.39 is 5.60 Å². The number of allylic oxidation sites excluding steroid dienone is 5. The van der Waals surface area contributed by atoms with Gasteiger partial charge in [-0.2, -0.15) is 0 Å². The Labute approximate surface area is 254 Å². The SMILES string of the molecule is C=C(/C=C\C=C/C)c1cc(C=O)on1.CC.CC.CCC.CCC.CCCC1(CC)CC(NC(=O)OC(C)(C)C)C1. The fourth-order valence-corrected chi connectivity index (χ4v) is 3.63. The molecule has 41 heavy (non-hydrogen) atoms. The predicted octanol–water partition coefficient (Wildman–Crippen LogP) is 11.4. The van der Waals surface area contributed by atoms with Crippen LogP contribution in [0.4, 0.5) is 4.79 Å². The first kappa shape index (κ1) is 45.4. The van der Waals surface area contributed by atoms with Gasteiger partial charge in [-0.15, -0.1) is 0 Å². The molecule has 6 heteroatoms. The Balaban J connectivity index is -0.000000256. The average Bonchev–Trinajstić information content (AvgIpc) is 3.40. The van der Waals surface area contributed by atoms with Crippen LogP contribution in [-0.4, -0.2) is 29.2 Å². The summed E-state index contributed by atoms with van der Waals surface area (Å²) in [4.78, 5) is 21.9. The standard InChI is InChI=1S/C14H27NO2.C11H11NO2.2C3H8.2C2H6/c1-6-8-14(7-2)9-11(10-14)15-12(16)17-13(3,4)5;1-3-4-5-6-9(2)11-7-10(8-13)14-12-11;2*1-3-2;2*1-2/h11H,6-10H2,1-5H3,(H,15,16);3-8H,2H2,1H3;2*3H2,1-2H3;2*1-2H3/b;4-3-,6-5-;;;;.